The van der Waals surface area contributed by atoms with Gasteiger partial charge in [0.25, 0.3) is 15.9 Å². The van der Waals surface area contributed by atoms with Crippen LogP contribution in [-0.2, 0) is 14.8 Å². The van der Waals surface area contributed by atoms with E-state index in [2.05, 4.69) is 10.0 Å². The first kappa shape index (κ1) is 24.6. The quantitative estimate of drug-likeness (QED) is 0.417. The molecule has 174 valence electrons. The van der Waals surface area contributed by atoms with Crippen molar-refractivity contribution in [2.45, 2.75) is 45.1 Å². The Bertz CT molecular complexity index is 1260. The molecule has 3 rings (SSSR count). The second-order valence-electron chi connectivity index (χ2n) is 7.86. The molecule has 0 saturated carbocycles. The molecular weight excluding hydrogens is 460 g/mol. The molecule has 0 spiro atoms. The number of amides is 1. The Hall–Kier alpha value is -3.03. The zero-order valence-electron chi connectivity index (χ0n) is 19.0. The highest BCUT2D eigenvalue weighted by Gasteiger charge is 2.20. The van der Waals surface area contributed by atoms with Gasteiger partial charge in [-0.05, 0) is 86.3 Å². The van der Waals surface area contributed by atoms with Gasteiger partial charge < -0.3 is 10.1 Å². The van der Waals surface area contributed by atoms with Gasteiger partial charge in [-0.3, -0.25) is 9.52 Å². The summed E-state index contributed by atoms with van der Waals surface area (Å²) in [5.41, 5.74) is 3.63. The molecular formula is C25H27ClN2O4S. The van der Waals surface area contributed by atoms with E-state index < -0.39 is 16.1 Å². The van der Waals surface area contributed by atoms with E-state index in [1.165, 1.54) is 12.1 Å². The summed E-state index contributed by atoms with van der Waals surface area (Å²) in [4.78, 5) is 12.8. The van der Waals surface area contributed by atoms with Gasteiger partial charge in [0.1, 0.15) is 5.75 Å². The minimum Gasteiger partial charge on any atom is -0.480 e. The molecule has 0 unspecified atom stereocenters. The molecule has 0 heterocycles. The fourth-order valence-corrected chi connectivity index (χ4v) is 4.45. The van der Waals surface area contributed by atoms with Crippen molar-refractivity contribution >= 4 is 38.9 Å². The summed E-state index contributed by atoms with van der Waals surface area (Å²) in [6, 6.07) is 16.8. The molecule has 0 fully saturated rings. The van der Waals surface area contributed by atoms with E-state index in [-0.39, 0.29) is 10.8 Å². The predicted molar refractivity (Wildman–Crippen MR) is 133 cm³/mol. The maximum Gasteiger partial charge on any atom is 0.265 e. The molecule has 0 aliphatic carbocycles. The maximum absolute atomic E-state index is 12.8. The van der Waals surface area contributed by atoms with Crippen LogP contribution >= 0.6 is 11.6 Å². The lowest BCUT2D eigenvalue weighted by Crippen LogP contribution is -2.32. The zero-order valence-corrected chi connectivity index (χ0v) is 20.5. The smallest absolute Gasteiger partial charge is 0.265 e. The molecule has 2 N–H and O–H groups in total. The SMILES string of the molecule is CC[C@H](Oc1cc(C)ccc1C)C(=O)Nc1ccc(S(=O)(=O)Nc2cc(Cl)ccc2C)cc1. The average molecular weight is 487 g/mol. The normalized spacial score (nSPS) is 12.2. The lowest BCUT2D eigenvalue weighted by atomic mass is 10.1. The highest BCUT2D eigenvalue weighted by atomic mass is 35.5. The Morgan fingerprint density at radius 1 is 0.970 bits per heavy atom. The summed E-state index contributed by atoms with van der Waals surface area (Å²) < 4.78 is 34.0. The summed E-state index contributed by atoms with van der Waals surface area (Å²) >= 11 is 5.98. The van der Waals surface area contributed by atoms with E-state index in [1.807, 2.05) is 39.0 Å². The van der Waals surface area contributed by atoms with Crippen molar-refractivity contribution in [1.29, 1.82) is 0 Å². The summed E-state index contributed by atoms with van der Waals surface area (Å²) in [6.45, 7) is 7.55. The van der Waals surface area contributed by atoms with Gasteiger partial charge in [-0.1, -0.05) is 36.7 Å². The predicted octanol–water partition coefficient (Wildman–Crippen LogP) is 5.86. The van der Waals surface area contributed by atoms with Gasteiger partial charge in [0.05, 0.1) is 10.6 Å². The van der Waals surface area contributed by atoms with Gasteiger partial charge in [-0.25, -0.2) is 8.42 Å². The van der Waals surface area contributed by atoms with E-state index >= 15 is 0 Å². The molecule has 8 heteroatoms. The van der Waals surface area contributed by atoms with Crippen molar-refractivity contribution < 1.29 is 17.9 Å². The molecule has 0 bridgehead atoms. The van der Waals surface area contributed by atoms with E-state index in [0.717, 1.165) is 16.7 Å². The lowest BCUT2D eigenvalue weighted by molar-refractivity contribution is -0.122. The molecule has 33 heavy (non-hydrogen) atoms. The Balaban J connectivity index is 1.70. The summed E-state index contributed by atoms with van der Waals surface area (Å²) in [5.74, 6) is 0.363. The number of carbonyl (C=O) groups is 1. The van der Waals surface area contributed by atoms with Gasteiger partial charge in [0.2, 0.25) is 0 Å². The number of sulfonamides is 1. The van der Waals surface area contributed by atoms with Crippen LogP contribution < -0.4 is 14.8 Å². The number of hydrogen-bond donors (Lipinski definition) is 2. The first-order chi connectivity index (χ1) is 15.6. The molecule has 0 aromatic heterocycles. The number of hydrogen-bond acceptors (Lipinski definition) is 4. The summed E-state index contributed by atoms with van der Waals surface area (Å²) in [5, 5.41) is 3.23. The topological polar surface area (TPSA) is 84.5 Å². The largest absolute Gasteiger partial charge is 0.480 e. The highest BCUT2D eigenvalue weighted by Crippen LogP contribution is 2.25. The van der Waals surface area contributed by atoms with Crippen LogP contribution in [0.3, 0.4) is 0 Å². The number of rotatable bonds is 8. The molecule has 1 atom stereocenters. The van der Waals surface area contributed by atoms with Crippen LogP contribution in [-0.4, -0.2) is 20.4 Å². The Morgan fingerprint density at radius 2 is 1.64 bits per heavy atom. The molecule has 0 aliphatic rings. The minimum absolute atomic E-state index is 0.0681. The van der Waals surface area contributed by atoms with Gasteiger partial charge in [0.15, 0.2) is 6.10 Å². The van der Waals surface area contributed by atoms with Crippen molar-refractivity contribution in [1.82, 2.24) is 0 Å². The van der Waals surface area contributed by atoms with Crippen LogP contribution in [0.15, 0.2) is 65.6 Å². The number of aryl methyl sites for hydroxylation is 3. The number of nitrogens with one attached hydrogen (secondary N) is 2. The molecule has 6 nitrogen and oxygen atoms in total. The summed E-state index contributed by atoms with van der Waals surface area (Å²) in [7, 11) is -3.81. The fourth-order valence-electron chi connectivity index (χ4n) is 3.16. The lowest BCUT2D eigenvalue weighted by Gasteiger charge is -2.19. The average Bonchev–Trinajstić information content (AvgIpc) is 2.77. The van der Waals surface area contributed by atoms with Crippen LogP contribution in [0.4, 0.5) is 11.4 Å². The Kier molecular flexibility index (Phi) is 7.66. The number of carbonyl (C=O) groups excluding carboxylic acids is 1. The number of ether oxygens (including phenoxy) is 1. The number of benzene rings is 3. The van der Waals surface area contributed by atoms with Crippen molar-refractivity contribution in [3.05, 3.63) is 82.4 Å². The third kappa shape index (κ3) is 6.27. The first-order valence-corrected chi connectivity index (χ1v) is 12.4. The van der Waals surface area contributed by atoms with Crippen LogP contribution in [0.1, 0.15) is 30.0 Å². The van der Waals surface area contributed by atoms with Gasteiger partial charge in [0, 0.05) is 10.7 Å². The van der Waals surface area contributed by atoms with Crippen LogP contribution in [0, 0.1) is 20.8 Å². The first-order valence-electron chi connectivity index (χ1n) is 10.5. The monoisotopic (exact) mass is 486 g/mol. The molecule has 3 aromatic carbocycles. The Labute approximate surface area is 200 Å². The number of halogens is 1. The minimum atomic E-state index is -3.81. The standard InChI is InChI=1S/C25H27ClN2O4S/c1-5-23(32-24-14-16(2)6-7-18(24)4)25(29)27-20-10-12-21(13-11-20)33(30,31)28-22-15-19(26)9-8-17(22)3/h6-15,23,28H,5H2,1-4H3,(H,27,29)/t23-/m0/s1. The molecule has 0 radical (unpaired) electrons. The number of anilines is 2. The van der Waals surface area contributed by atoms with Crippen molar-refractivity contribution in [3.8, 4) is 5.75 Å². The zero-order chi connectivity index (χ0) is 24.2. The van der Waals surface area contributed by atoms with E-state index in [1.54, 1.807) is 37.3 Å². The van der Waals surface area contributed by atoms with Crippen LogP contribution in [0.2, 0.25) is 5.02 Å². The molecule has 3 aromatic rings. The fraction of sp³-hybridized carbons (Fsp3) is 0.240. The summed E-state index contributed by atoms with van der Waals surface area (Å²) in [6.07, 6.45) is -0.199. The van der Waals surface area contributed by atoms with Crippen molar-refractivity contribution in [3.63, 3.8) is 0 Å². The molecule has 0 aliphatic heterocycles. The third-order valence-electron chi connectivity index (χ3n) is 5.15. The maximum atomic E-state index is 12.8. The molecule has 0 saturated heterocycles. The van der Waals surface area contributed by atoms with E-state index in [4.69, 9.17) is 16.3 Å². The molecule has 1 amide bonds. The highest BCUT2D eigenvalue weighted by molar-refractivity contribution is 7.92. The van der Waals surface area contributed by atoms with Crippen LogP contribution in [0.5, 0.6) is 5.75 Å². The van der Waals surface area contributed by atoms with Crippen molar-refractivity contribution in [2.75, 3.05) is 10.0 Å². The third-order valence-corrected chi connectivity index (χ3v) is 6.77. The van der Waals surface area contributed by atoms with E-state index in [9.17, 15) is 13.2 Å². The van der Waals surface area contributed by atoms with Gasteiger partial charge >= 0.3 is 0 Å². The second kappa shape index (κ2) is 10.3. The Morgan fingerprint density at radius 3 is 2.30 bits per heavy atom. The van der Waals surface area contributed by atoms with E-state index in [0.29, 0.717) is 28.6 Å². The van der Waals surface area contributed by atoms with Gasteiger partial charge in [-0.2, -0.15) is 0 Å². The van der Waals surface area contributed by atoms with Crippen molar-refractivity contribution in [2.24, 2.45) is 0 Å². The van der Waals surface area contributed by atoms with Gasteiger partial charge in [-0.15, -0.1) is 0 Å². The second-order valence-corrected chi connectivity index (χ2v) is 9.98. The van der Waals surface area contributed by atoms with Crippen LogP contribution in [0.25, 0.3) is 0 Å².